The Labute approximate surface area is 113 Å². The third-order valence-corrected chi connectivity index (χ3v) is 6.13. The highest BCUT2D eigenvalue weighted by atomic mass is 32.2. The molecule has 0 aromatic carbocycles. The van der Waals surface area contributed by atoms with E-state index in [0.29, 0.717) is 13.0 Å². The van der Waals surface area contributed by atoms with Gasteiger partial charge < -0.3 is 11.1 Å². The molecule has 18 heavy (non-hydrogen) atoms. The summed E-state index contributed by atoms with van der Waals surface area (Å²) in [5, 5.41) is 1.73. The molecule has 0 saturated carbocycles. The maximum Gasteiger partial charge on any atom is 0.241 e. The second kappa shape index (κ2) is 5.10. The standard InChI is InChI=1S/C10H19N3O3S2/c1-4-7(8(11)17)18(15,16)13-6-5-12-9(14)10(13,2)3/h7H,4-6H2,1-3H3,(H2,11,17)(H,12,14). The summed E-state index contributed by atoms with van der Waals surface area (Å²) in [6.45, 7) is 5.39. The Hall–Kier alpha value is -0.730. The Kier molecular flexibility index (Phi) is 4.34. The van der Waals surface area contributed by atoms with Crippen molar-refractivity contribution in [2.75, 3.05) is 13.1 Å². The van der Waals surface area contributed by atoms with Crippen molar-refractivity contribution < 1.29 is 13.2 Å². The van der Waals surface area contributed by atoms with Gasteiger partial charge in [0.05, 0.1) is 4.99 Å². The monoisotopic (exact) mass is 293 g/mol. The number of sulfonamides is 1. The van der Waals surface area contributed by atoms with Crippen molar-refractivity contribution in [3.63, 3.8) is 0 Å². The van der Waals surface area contributed by atoms with Gasteiger partial charge in [0, 0.05) is 13.1 Å². The van der Waals surface area contributed by atoms with Gasteiger partial charge in [-0.2, -0.15) is 4.31 Å². The number of nitrogens with zero attached hydrogens (tertiary/aromatic N) is 1. The number of hydrogen-bond donors (Lipinski definition) is 2. The minimum Gasteiger partial charge on any atom is -0.392 e. The Bertz CT molecular complexity index is 459. The van der Waals surface area contributed by atoms with Crippen molar-refractivity contribution in [3.05, 3.63) is 0 Å². The predicted octanol–water partition coefficient (Wildman–Crippen LogP) is -0.409. The number of hydrogen-bond acceptors (Lipinski definition) is 4. The highest BCUT2D eigenvalue weighted by Crippen LogP contribution is 2.25. The van der Waals surface area contributed by atoms with Crippen LogP contribution in [0.25, 0.3) is 0 Å². The van der Waals surface area contributed by atoms with E-state index in [1.807, 2.05) is 0 Å². The molecule has 0 aromatic heterocycles. The molecule has 1 atom stereocenters. The van der Waals surface area contributed by atoms with Gasteiger partial charge in [-0.1, -0.05) is 19.1 Å². The Morgan fingerprint density at radius 1 is 1.61 bits per heavy atom. The zero-order valence-electron chi connectivity index (χ0n) is 10.8. The first kappa shape index (κ1) is 15.3. The molecule has 1 rings (SSSR count). The van der Waals surface area contributed by atoms with Gasteiger partial charge in [-0.05, 0) is 20.3 Å². The van der Waals surface area contributed by atoms with Crippen LogP contribution in [0.5, 0.6) is 0 Å². The predicted molar refractivity (Wildman–Crippen MR) is 73.6 cm³/mol. The molecule has 1 saturated heterocycles. The fraction of sp³-hybridized carbons (Fsp3) is 0.800. The van der Waals surface area contributed by atoms with E-state index in [9.17, 15) is 13.2 Å². The maximum atomic E-state index is 12.5. The summed E-state index contributed by atoms with van der Waals surface area (Å²) in [7, 11) is -3.71. The molecule has 6 nitrogen and oxygen atoms in total. The highest BCUT2D eigenvalue weighted by molar-refractivity contribution is 7.92. The molecule has 104 valence electrons. The van der Waals surface area contributed by atoms with Crippen LogP contribution in [0.1, 0.15) is 27.2 Å². The molecule has 8 heteroatoms. The second-order valence-electron chi connectivity index (χ2n) is 4.73. The molecule has 3 N–H and O–H groups in total. The summed E-state index contributed by atoms with van der Waals surface area (Å²) in [5.74, 6) is -0.310. The maximum absolute atomic E-state index is 12.5. The van der Waals surface area contributed by atoms with Crippen molar-refractivity contribution in [2.45, 2.75) is 38.0 Å². The minimum atomic E-state index is -3.71. The van der Waals surface area contributed by atoms with Gasteiger partial charge >= 0.3 is 0 Å². The van der Waals surface area contributed by atoms with Crippen LogP contribution in [0.15, 0.2) is 0 Å². The fourth-order valence-electron chi connectivity index (χ4n) is 2.04. The van der Waals surface area contributed by atoms with Crippen LogP contribution in [0.3, 0.4) is 0 Å². The summed E-state index contributed by atoms with van der Waals surface area (Å²) >= 11 is 4.81. The Morgan fingerprint density at radius 2 is 2.17 bits per heavy atom. The van der Waals surface area contributed by atoms with Crippen LogP contribution in [0, 0.1) is 0 Å². The average molecular weight is 293 g/mol. The topological polar surface area (TPSA) is 92.5 Å². The van der Waals surface area contributed by atoms with Crippen LogP contribution >= 0.6 is 12.2 Å². The first-order valence-electron chi connectivity index (χ1n) is 5.75. The zero-order valence-corrected chi connectivity index (χ0v) is 12.4. The molecular weight excluding hydrogens is 274 g/mol. The highest BCUT2D eigenvalue weighted by Gasteiger charge is 2.47. The number of amides is 1. The van der Waals surface area contributed by atoms with E-state index in [2.05, 4.69) is 5.32 Å². The van der Waals surface area contributed by atoms with Crippen LogP contribution < -0.4 is 11.1 Å². The van der Waals surface area contributed by atoms with E-state index < -0.39 is 20.8 Å². The molecule has 1 aliphatic heterocycles. The molecule has 0 spiro atoms. The van der Waals surface area contributed by atoms with Crippen LogP contribution in [-0.2, 0) is 14.8 Å². The molecule has 0 bridgehead atoms. The molecule has 1 unspecified atom stereocenters. The summed E-state index contributed by atoms with van der Waals surface area (Å²) in [4.78, 5) is 11.7. The lowest BCUT2D eigenvalue weighted by atomic mass is 10.0. The first-order chi connectivity index (χ1) is 8.15. The second-order valence-corrected chi connectivity index (χ2v) is 7.24. The third-order valence-electron chi connectivity index (χ3n) is 3.13. The van der Waals surface area contributed by atoms with Gasteiger partial charge in [0.2, 0.25) is 15.9 Å². The minimum absolute atomic E-state index is 0.0562. The van der Waals surface area contributed by atoms with Crippen molar-refractivity contribution in [1.29, 1.82) is 0 Å². The van der Waals surface area contributed by atoms with Crippen molar-refractivity contribution in [3.8, 4) is 0 Å². The van der Waals surface area contributed by atoms with E-state index in [0.717, 1.165) is 0 Å². The number of thiocarbonyl (C=S) groups is 1. The number of piperazine rings is 1. The van der Waals surface area contributed by atoms with Gasteiger partial charge in [-0.3, -0.25) is 4.79 Å². The van der Waals surface area contributed by atoms with E-state index in [-0.39, 0.29) is 17.4 Å². The van der Waals surface area contributed by atoms with Crippen molar-refractivity contribution in [2.24, 2.45) is 5.73 Å². The van der Waals surface area contributed by atoms with Gasteiger partial charge in [-0.25, -0.2) is 8.42 Å². The van der Waals surface area contributed by atoms with E-state index >= 15 is 0 Å². The van der Waals surface area contributed by atoms with Crippen LogP contribution in [0.4, 0.5) is 0 Å². The largest absolute Gasteiger partial charge is 0.392 e. The SMILES string of the molecule is CCC(C(N)=S)S(=O)(=O)N1CCNC(=O)C1(C)C. The summed E-state index contributed by atoms with van der Waals surface area (Å²) in [6, 6.07) is 0. The van der Waals surface area contributed by atoms with E-state index in [4.69, 9.17) is 18.0 Å². The third kappa shape index (κ3) is 2.50. The molecule has 1 fully saturated rings. The summed E-state index contributed by atoms with van der Waals surface area (Å²) < 4.78 is 26.2. The number of rotatable bonds is 4. The Morgan fingerprint density at radius 3 is 2.61 bits per heavy atom. The van der Waals surface area contributed by atoms with Gasteiger partial charge in [-0.15, -0.1) is 0 Å². The quantitative estimate of drug-likeness (QED) is 0.688. The average Bonchev–Trinajstić information content (AvgIpc) is 2.21. The van der Waals surface area contributed by atoms with E-state index in [1.165, 1.54) is 4.31 Å². The molecule has 0 radical (unpaired) electrons. The van der Waals surface area contributed by atoms with Crippen molar-refractivity contribution >= 4 is 33.1 Å². The Balaban J connectivity index is 3.19. The lowest BCUT2D eigenvalue weighted by Crippen LogP contribution is -2.65. The molecular formula is C10H19N3O3S2. The molecule has 0 aromatic rings. The molecule has 1 aliphatic rings. The molecule has 1 amide bonds. The fourth-order valence-corrected chi connectivity index (χ4v) is 4.66. The van der Waals surface area contributed by atoms with Gasteiger partial charge in [0.25, 0.3) is 0 Å². The zero-order chi connectivity index (χ0) is 14.1. The lowest BCUT2D eigenvalue weighted by molar-refractivity contribution is -0.131. The smallest absolute Gasteiger partial charge is 0.241 e. The number of carbonyl (C=O) groups excluding carboxylic acids is 1. The number of nitrogens with two attached hydrogens (primary N) is 1. The van der Waals surface area contributed by atoms with Crippen molar-refractivity contribution in [1.82, 2.24) is 9.62 Å². The lowest BCUT2D eigenvalue weighted by Gasteiger charge is -2.41. The summed E-state index contributed by atoms with van der Waals surface area (Å²) in [6.07, 6.45) is 0.297. The normalized spacial score (nSPS) is 22.3. The first-order valence-corrected chi connectivity index (χ1v) is 7.66. The van der Waals surface area contributed by atoms with E-state index in [1.54, 1.807) is 20.8 Å². The van der Waals surface area contributed by atoms with Gasteiger partial charge in [0.15, 0.2) is 0 Å². The number of carbonyl (C=O) groups is 1. The van der Waals surface area contributed by atoms with Gasteiger partial charge in [0.1, 0.15) is 10.8 Å². The molecule has 1 heterocycles. The van der Waals surface area contributed by atoms with Crippen LogP contribution in [-0.4, -0.2) is 47.5 Å². The molecule has 0 aliphatic carbocycles. The van der Waals surface area contributed by atoms with Crippen LogP contribution in [0.2, 0.25) is 0 Å². The number of nitrogens with one attached hydrogen (secondary N) is 1. The summed E-state index contributed by atoms with van der Waals surface area (Å²) in [5.41, 5.74) is 4.37.